The SMILES string of the molecule is CCCOc1ccc2ccccc2c1/C=N\N1C(=O)[C@@H]2[C@H](C1=O)[C@H]1C=C[C@H]2C1. The molecule has 5 rings (SSSR count). The van der Waals surface area contributed by atoms with Crippen LogP contribution in [0.2, 0.25) is 0 Å². The van der Waals surface area contributed by atoms with Crippen molar-refractivity contribution >= 4 is 28.8 Å². The molecule has 0 N–H and O–H groups in total. The van der Waals surface area contributed by atoms with E-state index in [1.807, 2.05) is 36.4 Å². The number of hydrogen-bond acceptors (Lipinski definition) is 4. The van der Waals surface area contributed by atoms with E-state index >= 15 is 0 Å². The Morgan fingerprint density at radius 2 is 1.79 bits per heavy atom. The fourth-order valence-electron chi connectivity index (χ4n) is 4.86. The van der Waals surface area contributed by atoms with Gasteiger partial charge in [0.05, 0.1) is 24.7 Å². The fraction of sp³-hybridized carbons (Fsp3) is 0.348. The normalized spacial score (nSPS) is 28.1. The summed E-state index contributed by atoms with van der Waals surface area (Å²) < 4.78 is 5.89. The molecule has 2 aromatic carbocycles. The number of rotatable bonds is 5. The van der Waals surface area contributed by atoms with E-state index in [2.05, 4.69) is 24.2 Å². The summed E-state index contributed by atoms with van der Waals surface area (Å²) in [5.41, 5.74) is 0.797. The van der Waals surface area contributed by atoms with Gasteiger partial charge in [0.15, 0.2) is 0 Å². The van der Waals surface area contributed by atoms with Crippen molar-refractivity contribution in [3.8, 4) is 5.75 Å². The molecule has 1 saturated carbocycles. The molecule has 1 heterocycles. The quantitative estimate of drug-likeness (QED) is 0.455. The summed E-state index contributed by atoms with van der Waals surface area (Å²) in [4.78, 5) is 25.7. The van der Waals surface area contributed by atoms with Gasteiger partial charge in [-0.05, 0) is 41.5 Å². The Kier molecular flexibility index (Phi) is 4.04. The zero-order chi connectivity index (χ0) is 19.3. The van der Waals surface area contributed by atoms with Gasteiger partial charge >= 0.3 is 0 Å². The van der Waals surface area contributed by atoms with Crippen molar-refractivity contribution in [3.05, 3.63) is 54.1 Å². The second-order valence-electron chi connectivity index (χ2n) is 7.78. The lowest BCUT2D eigenvalue weighted by Gasteiger charge is -2.13. The Bertz CT molecular complexity index is 996. The lowest BCUT2D eigenvalue weighted by atomic mass is 9.85. The molecule has 0 unspecified atom stereocenters. The Morgan fingerprint density at radius 3 is 2.50 bits per heavy atom. The number of fused-ring (bicyclic) bond motifs is 6. The van der Waals surface area contributed by atoms with E-state index in [4.69, 9.17) is 4.74 Å². The number of benzene rings is 2. The molecular formula is C23H22N2O3. The first-order valence-electron chi connectivity index (χ1n) is 9.93. The molecular weight excluding hydrogens is 352 g/mol. The molecule has 1 aliphatic heterocycles. The Labute approximate surface area is 163 Å². The van der Waals surface area contributed by atoms with Gasteiger partial charge in [-0.25, -0.2) is 0 Å². The van der Waals surface area contributed by atoms with E-state index in [1.165, 1.54) is 0 Å². The van der Waals surface area contributed by atoms with Gasteiger partial charge in [-0.3, -0.25) is 9.59 Å². The van der Waals surface area contributed by atoms with Crippen molar-refractivity contribution in [2.45, 2.75) is 19.8 Å². The van der Waals surface area contributed by atoms with E-state index in [-0.39, 0.29) is 35.5 Å². The number of nitrogens with zero attached hydrogens (tertiary/aromatic N) is 2. The number of carbonyl (C=O) groups is 2. The lowest BCUT2D eigenvalue weighted by Crippen LogP contribution is -2.28. The highest BCUT2D eigenvalue weighted by atomic mass is 16.5. The van der Waals surface area contributed by atoms with Gasteiger partial charge in [-0.2, -0.15) is 10.1 Å². The summed E-state index contributed by atoms with van der Waals surface area (Å²) >= 11 is 0. The molecule has 2 aromatic rings. The number of hydrazone groups is 1. The third kappa shape index (κ3) is 2.49. The largest absolute Gasteiger partial charge is 0.493 e. The van der Waals surface area contributed by atoms with Crippen LogP contribution in [0.4, 0.5) is 0 Å². The second-order valence-corrected chi connectivity index (χ2v) is 7.78. The standard InChI is InChI=1S/C23H22N2O3/c1-2-11-28-19-10-9-14-5-3-4-6-17(14)18(19)13-24-25-22(26)20-15-7-8-16(12-15)21(20)23(25)27/h3-10,13,15-16,20-21H,2,11-12H2,1H3/b24-13-/t15-,16-,20-,21+/m0/s1. The number of allylic oxidation sites excluding steroid dienone is 2. The Balaban J connectivity index is 1.50. The molecule has 0 aromatic heterocycles. The van der Waals surface area contributed by atoms with Crippen LogP contribution in [0.1, 0.15) is 25.3 Å². The fourth-order valence-corrected chi connectivity index (χ4v) is 4.86. The zero-order valence-electron chi connectivity index (χ0n) is 15.7. The maximum atomic E-state index is 12.9. The van der Waals surface area contributed by atoms with Crippen LogP contribution in [0.15, 0.2) is 53.7 Å². The van der Waals surface area contributed by atoms with Crippen molar-refractivity contribution in [1.82, 2.24) is 5.01 Å². The highest BCUT2D eigenvalue weighted by Crippen LogP contribution is 2.52. The maximum absolute atomic E-state index is 12.9. The van der Waals surface area contributed by atoms with Gasteiger partial charge in [0, 0.05) is 5.56 Å². The molecule has 0 radical (unpaired) electrons. The molecule has 28 heavy (non-hydrogen) atoms. The minimum absolute atomic E-state index is 0.167. The topological polar surface area (TPSA) is 59.0 Å². The highest BCUT2D eigenvalue weighted by molar-refractivity contribution is 6.08. The van der Waals surface area contributed by atoms with Gasteiger partial charge in [0.2, 0.25) is 0 Å². The van der Waals surface area contributed by atoms with Gasteiger partial charge in [0.25, 0.3) is 11.8 Å². The Hall–Kier alpha value is -2.95. The van der Waals surface area contributed by atoms with E-state index in [0.717, 1.165) is 34.2 Å². The third-order valence-electron chi connectivity index (χ3n) is 6.14. The third-order valence-corrected chi connectivity index (χ3v) is 6.14. The molecule has 2 aliphatic carbocycles. The summed E-state index contributed by atoms with van der Waals surface area (Å²) in [5.74, 6) is 0.287. The molecule has 5 heteroatoms. The lowest BCUT2D eigenvalue weighted by molar-refractivity contribution is -0.140. The van der Waals surface area contributed by atoms with Crippen molar-refractivity contribution in [3.63, 3.8) is 0 Å². The van der Waals surface area contributed by atoms with Crippen LogP contribution in [-0.4, -0.2) is 29.6 Å². The monoisotopic (exact) mass is 374 g/mol. The molecule has 2 amide bonds. The van der Waals surface area contributed by atoms with Crippen LogP contribution < -0.4 is 4.74 Å². The molecule has 2 fully saturated rings. The van der Waals surface area contributed by atoms with Crippen LogP contribution in [0.5, 0.6) is 5.75 Å². The van der Waals surface area contributed by atoms with Crippen LogP contribution in [0.3, 0.4) is 0 Å². The minimum atomic E-state index is -0.233. The molecule has 0 spiro atoms. The summed E-state index contributed by atoms with van der Waals surface area (Å²) in [6.07, 6.45) is 7.60. The zero-order valence-corrected chi connectivity index (χ0v) is 15.7. The average molecular weight is 374 g/mol. The summed E-state index contributed by atoms with van der Waals surface area (Å²) in [6, 6.07) is 11.9. The van der Waals surface area contributed by atoms with Crippen LogP contribution in [0.25, 0.3) is 10.8 Å². The van der Waals surface area contributed by atoms with Crippen molar-refractivity contribution in [2.75, 3.05) is 6.61 Å². The highest BCUT2D eigenvalue weighted by Gasteiger charge is 2.59. The number of amides is 2. The number of imide groups is 1. The minimum Gasteiger partial charge on any atom is -0.493 e. The van der Waals surface area contributed by atoms with E-state index < -0.39 is 0 Å². The molecule has 3 aliphatic rings. The van der Waals surface area contributed by atoms with E-state index in [1.54, 1.807) is 6.21 Å². The number of carbonyl (C=O) groups excluding carboxylic acids is 2. The molecule has 1 saturated heterocycles. The predicted molar refractivity (Wildman–Crippen MR) is 107 cm³/mol. The van der Waals surface area contributed by atoms with E-state index in [0.29, 0.717) is 12.4 Å². The molecule has 2 bridgehead atoms. The van der Waals surface area contributed by atoms with Crippen molar-refractivity contribution < 1.29 is 14.3 Å². The molecule has 4 atom stereocenters. The van der Waals surface area contributed by atoms with E-state index in [9.17, 15) is 9.59 Å². The smallest absolute Gasteiger partial charge is 0.254 e. The van der Waals surface area contributed by atoms with Gasteiger partial charge in [-0.1, -0.05) is 49.4 Å². The Morgan fingerprint density at radius 1 is 1.07 bits per heavy atom. The van der Waals surface area contributed by atoms with Crippen LogP contribution in [-0.2, 0) is 9.59 Å². The number of hydrogen-bond donors (Lipinski definition) is 0. The first-order chi connectivity index (χ1) is 13.7. The van der Waals surface area contributed by atoms with Gasteiger partial charge in [0.1, 0.15) is 5.75 Å². The first kappa shape index (κ1) is 17.2. The van der Waals surface area contributed by atoms with Crippen LogP contribution >= 0.6 is 0 Å². The summed E-state index contributed by atoms with van der Waals surface area (Å²) in [7, 11) is 0. The summed E-state index contributed by atoms with van der Waals surface area (Å²) in [6.45, 7) is 2.65. The number of ether oxygens (including phenoxy) is 1. The van der Waals surface area contributed by atoms with Crippen LogP contribution in [0, 0.1) is 23.7 Å². The van der Waals surface area contributed by atoms with Crippen molar-refractivity contribution in [1.29, 1.82) is 0 Å². The molecule has 142 valence electrons. The second kappa shape index (κ2) is 6.59. The predicted octanol–water partition coefficient (Wildman–Crippen LogP) is 3.77. The first-order valence-corrected chi connectivity index (χ1v) is 9.93. The van der Waals surface area contributed by atoms with Gasteiger partial charge in [-0.15, -0.1) is 0 Å². The van der Waals surface area contributed by atoms with Gasteiger partial charge < -0.3 is 4.74 Å². The summed E-state index contributed by atoms with van der Waals surface area (Å²) in [5, 5.41) is 7.49. The molecule has 5 nitrogen and oxygen atoms in total. The maximum Gasteiger partial charge on any atom is 0.254 e. The average Bonchev–Trinajstić information content (AvgIpc) is 3.39. The van der Waals surface area contributed by atoms with Crippen molar-refractivity contribution in [2.24, 2.45) is 28.8 Å².